The molecule has 0 N–H and O–H groups in total. The Morgan fingerprint density at radius 3 is 2.41 bits per heavy atom. The summed E-state index contributed by atoms with van der Waals surface area (Å²) in [7, 11) is 0. The number of amides is 2. The quantitative estimate of drug-likeness (QED) is 0.704. The monoisotopic (exact) mass is 381 g/mol. The maximum atomic E-state index is 12.7. The summed E-state index contributed by atoms with van der Waals surface area (Å²) >= 11 is 0. The van der Waals surface area contributed by atoms with E-state index in [4.69, 9.17) is 9.47 Å². The van der Waals surface area contributed by atoms with E-state index in [-0.39, 0.29) is 23.6 Å². The van der Waals surface area contributed by atoms with E-state index in [0.29, 0.717) is 32.0 Å². The highest BCUT2D eigenvalue weighted by Crippen LogP contribution is 2.33. The van der Waals surface area contributed by atoms with Crippen molar-refractivity contribution in [3.05, 3.63) is 0 Å². The lowest BCUT2D eigenvalue weighted by atomic mass is 9.91. The Morgan fingerprint density at radius 2 is 1.78 bits per heavy atom. The van der Waals surface area contributed by atoms with Crippen molar-refractivity contribution in [3.8, 4) is 0 Å². The van der Waals surface area contributed by atoms with E-state index in [1.807, 2.05) is 9.80 Å². The number of nitrogens with zero attached hydrogens (tertiary/aromatic N) is 3. The first-order valence-corrected chi connectivity index (χ1v) is 10.5. The van der Waals surface area contributed by atoms with Crippen LogP contribution in [0.3, 0.4) is 0 Å². The number of ether oxygens (including phenoxy) is 2. The van der Waals surface area contributed by atoms with Gasteiger partial charge in [-0.15, -0.1) is 0 Å². The van der Waals surface area contributed by atoms with Crippen molar-refractivity contribution in [2.24, 2.45) is 5.92 Å². The van der Waals surface area contributed by atoms with Crippen LogP contribution >= 0.6 is 0 Å². The lowest BCUT2D eigenvalue weighted by Gasteiger charge is -2.38. The Hall–Kier alpha value is -1.34. The van der Waals surface area contributed by atoms with Crippen molar-refractivity contribution in [3.63, 3.8) is 0 Å². The summed E-state index contributed by atoms with van der Waals surface area (Å²) in [5, 5.41) is 0. The van der Waals surface area contributed by atoms with Gasteiger partial charge < -0.3 is 19.3 Å². The van der Waals surface area contributed by atoms with Crippen molar-refractivity contribution in [1.29, 1.82) is 0 Å². The van der Waals surface area contributed by atoms with Crippen LogP contribution in [0.15, 0.2) is 0 Å². The molecule has 27 heavy (non-hydrogen) atoms. The second-order valence-corrected chi connectivity index (χ2v) is 8.74. The normalized spacial score (nSPS) is 24.5. The van der Waals surface area contributed by atoms with Crippen LogP contribution in [0.2, 0.25) is 0 Å². The molecule has 3 rings (SSSR count). The van der Waals surface area contributed by atoms with Crippen molar-refractivity contribution in [1.82, 2.24) is 14.7 Å². The van der Waals surface area contributed by atoms with Crippen LogP contribution in [0.25, 0.3) is 0 Å². The van der Waals surface area contributed by atoms with Crippen LogP contribution in [0.1, 0.15) is 46.5 Å². The van der Waals surface area contributed by atoms with Crippen LogP contribution in [0, 0.1) is 5.92 Å². The molecule has 0 aromatic carbocycles. The number of carbonyl (C=O) groups excluding carboxylic acids is 2. The average Bonchev–Trinajstić information content (AvgIpc) is 2.96. The second-order valence-electron chi connectivity index (χ2n) is 8.74. The number of piperidine rings is 1. The fourth-order valence-electron chi connectivity index (χ4n) is 4.23. The van der Waals surface area contributed by atoms with Gasteiger partial charge in [-0.25, -0.2) is 4.79 Å². The number of morpholine rings is 1. The number of hydrogen-bond acceptors (Lipinski definition) is 5. The lowest BCUT2D eigenvalue weighted by molar-refractivity contribution is -0.136. The molecule has 1 spiro atoms. The third-order valence-electron chi connectivity index (χ3n) is 6.18. The molecule has 0 unspecified atom stereocenters. The maximum Gasteiger partial charge on any atom is 0.410 e. The Labute approximate surface area is 162 Å². The van der Waals surface area contributed by atoms with Crippen LogP contribution in [-0.2, 0) is 14.3 Å². The molecule has 3 saturated heterocycles. The number of likely N-dealkylation sites (tertiary alicyclic amines) is 1. The van der Waals surface area contributed by atoms with E-state index in [1.54, 1.807) is 0 Å². The van der Waals surface area contributed by atoms with E-state index in [9.17, 15) is 9.59 Å². The van der Waals surface area contributed by atoms with Gasteiger partial charge in [-0.05, 0) is 19.3 Å². The zero-order valence-corrected chi connectivity index (χ0v) is 17.1. The van der Waals surface area contributed by atoms with Crippen molar-refractivity contribution in [2.75, 3.05) is 52.5 Å². The SMILES string of the molecule is CC(C)CCN1CC2(CCN(C(=O)C[C@@H](C)N3CCOCC3)CC2)OC1=O. The van der Waals surface area contributed by atoms with Gasteiger partial charge in [-0.3, -0.25) is 9.69 Å². The summed E-state index contributed by atoms with van der Waals surface area (Å²) in [6.45, 7) is 12.6. The van der Waals surface area contributed by atoms with Crippen molar-refractivity contribution in [2.45, 2.75) is 58.1 Å². The van der Waals surface area contributed by atoms with E-state index in [1.165, 1.54) is 0 Å². The second kappa shape index (κ2) is 8.78. The van der Waals surface area contributed by atoms with Gasteiger partial charge in [0.2, 0.25) is 5.91 Å². The highest BCUT2D eigenvalue weighted by Gasteiger charge is 2.47. The summed E-state index contributed by atoms with van der Waals surface area (Å²) < 4.78 is 11.2. The Kier molecular flexibility index (Phi) is 6.63. The van der Waals surface area contributed by atoms with Gasteiger partial charge in [0.1, 0.15) is 5.60 Å². The Morgan fingerprint density at radius 1 is 1.11 bits per heavy atom. The molecule has 0 bridgehead atoms. The van der Waals surface area contributed by atoms with Gasteiger partial charge in [0.05, 0.1) is 19.8 Å². The van der Waals surface area contributed by atoms with Gasteiger partial charge in [0, 0.05) is 58.0 Å². The molecule has 0 saturated carbocycles. The molecular formula is C20H35N3O4. The van der Waals surface area contributed by atoms with E-state index < -0.39 is 0 Å². The fourth-order valence-corrected chi connectivity index (χ4v) is 4.23. The molecule has 3 heterocycles. The summed E-state index contributed by atoms with van der Waals surface area (Å²) in [6.07, 6.45) is 2.85. The maximum absolute atomic E-state index is 12.7. The average molecular weight is 382 g/mol. The molecule has 2 amide bonds. The lowest BCUT2D eigenvalue weighted by Crippen LogP contribution is -2.50. The van der Waals surface area contributed by atoms with E-state index in [2.05, 4.69) is 25.7 Å². The van der Waals surface area contributed by atoms with Crippen LogP contribution < -0.4 is 0 Å². The summed E-state index contributed by atoms with van der Waals surface area (Å²) in [5.74, 6) is 0.784. The fraction of sp³-hybridized carbons (Fsp3) is 0.900. The van der Waals surface area contributed by atoms with Gasteiger partial charge >= 0.3 is 6.09 Å². The van der Waals surface area contributed by atoms with Crippen LogP contribution in [0.5, 0.6) is 0 Å². The van der Waals surface area contributed by atoms with Gasteiger partial charge in [-0.1, -0.05) is 13.8 Å². The molecule has 0 aromatic heterocycles. The molecule has 154 valence electrons. The first-order chi connectivity index (χ1) is 12.9. The summed E-state index contributed by atoms with van der Waals surface area (Å²) in [4.78, 5) is 31.0. The van der Waals surface area contributed by atoms with E-state index in [0.717, 1.165) is 52.1 Å². The molecule has 7 heteroatoms. The minimum absolute atomic E-state index is 0.184. The third-order valence-corrected chi connectivity index (χ3v) is 6.18. The first-order valence-electron chi connectivity index (χ1n) is 10.5. The highest BCUT2D eigenvalue weighted by molar-refractivity contribution is 5.77. The molecule has 3 aliphatic heterocycles. The third kappa shape index (κ3) is 5.13. The molecule has 0 aromatic rings. The minimum atomic E-state index is -0.388. The Balaban J connectivity index is 1.45. The summed E-state index contributed by atoms with van der Waals surface area (Å²) in [5.41, 5.74) is -0.388. The number of hydrogen-bond donors (Lipinski definition) is 0. The van der Waals surface area contributed by atoms with Gasteiger partial charge in [0.25, 0.3) is 0 Å². The minimum Gasteiger partial charge on any atom is -0.441 e. The van der Waals surface area contributed by atoms with Crippen LogP contribution in [-0.4, -0.2) is 90.8 Å². The topological polar surface area (TPSA) is 62.3 Å². The van der Waals surface area contributed by atoms with Gasteiger partial charge in [0.15, 0.2) is 0 Å². The molecule has 0 aliphatic carbocycles. The Bertz CT molecular complexity index is 525. The zero-order chi connectivity index (χ0) is 19.4. The zero-order valence-electron chi connectivity index (χ0n) is 17.1. The number of rotatable bonds is 6. The van der Waals surface area contributed by atoms with Gasteiger partial charge in [-0.2, -0.15) is 0 Å². The highest BCUT2D eigenvalue weighted by atomic mass is 16.6. The molecule has 1 atom stereocenters. The number of carbonyl (C=O) groups is 2. The molecule has 0 radical (unpaired) electrons. The predicted molar refractivity (Wildman–Crippen MR) is 103 cm³/mol. The molecule has 7 nitrogen and oxygen atoms in total. The first kappa shape index (κ1) is 20.4. The largest absolute Gasteiger partial charge is 0.441 e. The van der Waals surface area contributed by atoms with E-state index >= 15 is 0 Å². The predicted octanol–water partition coefficient (Wildman–Crippen LogP) is 1.96. The molecule has 3 fully saturated rings. The van der Waals surface area contributed by atoms with Crippen LogP contribution in [0.4, 0.5) is 4.79 Å². The van der Waals surface area contributed by atoms with Crippen molar-refractivity contribution >= 4 is 12.0 Å². The summed E-state index contributed by atoms with van der Waals surface area (Å²) in [6, 6.07) is 0.244. The molecular weight excluding hydrogens is 346 g/mol. The van der Waals surface area contributed by atoms with Crippen molar-refractivity contribution < 1.29 is 19.1 Å². The molecule has 3 aliphatic rings. The standard InChI is InChI=1S/C20H35N3O4/c1-16(2)4-7-23-15-20(27-19(23)25)5-8-22(9-6-20)18(24)14-17(3)21-10-12-26-13-11-21/h16-17H,4-15H2,1-3H3/t17-/m1/s1. The smallest absolute Gasteiger partial charge is 0.410 e.